The summed E-state index contributed by atoms with van der Waals surface area (Å²) in [5.41, 5.74) is 0.981. The van der Waals surface area contributed by atoms with Crippen molar-refractivity contribution < 1.29 is 24.1 Å². The first kappa shape index (κ1) is 21.0. The van der Waals surface area contributed by atoms with Crippen LogP contribution >= 0.6 is 0 Å². The van der Waals surface area contributed by atoms with Crippen molar-refractivity contribution >= 4 is 5.97 Å². The average molecular weight is 398 g/mol. The third kappa shape index (κ3) is 6.14. The molecule has 5 heteroatoms. The highest BCUT2D eigenvalue weighted by Gasteiger charge is 2.32. The minimum absolute atomic E-state index is 0.108. The van der Waals surface area contributed by atoms with Gasteiger partial charge in [0.25, 0.3) is 0 Å². The summed E-state index contributed by atoms with van der Waals surface area (Å²) in [4.78, 5) is 11.0. The van der Waals surface area contributed by atoms with Crippen LogP contribution in [0.2, 0.25) is 0 Å². The molecule has 0 radical (unpaired) electrons. The fourth-order valence-corrected chi connectivity index (χ4v) is 3.40. The first-order valence-electron chi connectivity index (χ1n) is 10.3. The van der Waals surface area contributed by atoms with Crippen molar-refractivity contribution in [3.05, 3.63) is 54.1 Å². The van der Waals surface area contributed by atoms with Gasteiger partial charge in [0.05, 0.1) is 24.7 Å². The predicted molar refractivity (Wildman–Crippen MR) is 112 cm³/mol. The minimum Gasteiger partial charge on any atom is -0.493 e. The molecular weight excluding hydrogens is 368 g/mol. The van der Waals surface area contributed by atoms with Gasteiger partial charge in [0, 0.05) is 0 Å². The summed E-state index contributed by atoms with van der Waals surface area (Å²) in [7, 11) is 0. The quantitative estimate of drug-likeness (QED) is 0.612. The zero-order chi connectivity index (χ0) is 20.8. The maximum Gasteiger partial charge on any atom is 0.306 e. The molecule has 1 unspecified atom stereocenters. The van der Waals surface area contributed by atoms with Gasteiger partial charge in [0.1, 0.15) is 5.75 Å². The van der Waals surface area contributed by atoms with Crippen molar-refractivity contribution in [1.29, 1.82) is 0 Å². The fourth-order valence-electron chi connectivity index (χ4n) is 3.40. The number of carboxylic acid groups (broad SMARTS) is 1. The molecule has 0 amide bonds. The molecule has 0 bridgehead atoms. The Bertz CT molecular complexity index is 810. The second kappa shape index (κ2) is 9.68. The molecule has 1 N–H and O–H groups in total. The Kier molecular flexibility index (Phi) is 7.02. The second-order valence-electron chi connectivity index (χ2n) is 8.09. The standard InChI is InChI=1S/C24H30O5/c1-16(2)28-22-9-4-5-10-23(22)29-21-13-19(14-21)15-27-20-8-6-7-18(12-20)11-17(3)24(25)26/h4-10,12,16-17,19,21H,11,13-15H2,1-3H3,(H,25,26). The third-order valence-electron chi connectivity index (χ3n) is 5.05. The smallest absolute Gasteiger partial charge is 0.306 e. The van der Waals surface area contributed by atoms with Crippen LogP contribution in [0.25, 0.3) is 0 Å². The second-order valence-corrected chi connectivity index (χ2v) is 8.09. The molecule has 0 aliphatic heterocycles. The van der Waals surface area contributed by atoms with Crippen molar-refractivity contribution in [2.75, 3.05) is 6.61 Å². The molecule has 0 heterocycles. The zero-order valence-corrected chi connectivity index (χ0v) is 17.3. The molecule has 1 saturated carbocycles. The lowest BCUT2D eigenvalue weighted by molar-refractivity contribution is -0.141. The Morgan fingerprint density at radius 1 is 1.07 bits per heavy atom. The van der Waals surface area contributed by atoms with Crippen LogP contribution in [0.3, 0.4) is 0 Å². The molecular formula is C24H30O5. The number of hydrogen-bond donors (Lipinski definition) is 1. The highest BCUT2D eigenvalue weighted by Crippen LogP contribution is 2.36. The van der Waals surface area contributed by atoms with E-state index in [0.29, 0.717) is 18.9 Å². The molecule has 156 valence electrons. The molecule has 1 aliphatic carbocycles. The van der Waals surface area contributed by atoms with Gasteiger partial charge in [-0.2, -0.15) is 0 Å². The van der Waals surface area contributed by atoms with Crippen molar-refractivity contribution in [2.24, 2.45) is 11.8 Å². The summed E-state index contributed by atoms with van der Waals surface area (Å²) in [5, 5.41) is 9.07. The van der Waals surface area contributed by atoms with Crippen LogP contribution in [-0.4, -0.2) is 29.9 Å². The molecule has 0 saturated heterocycles. The molecule has 1 atom stereocenters. The molecule has 2 aromatic carbocycles. The van der Waals surface area contributed by atoms with Crippen molar-refractivity contribution in [3.8, 4) is 17.2 Å². The Hall–Kier alpha value is -2.69. The lowest BCUT2D eigenvalue weighted by atomic mass is 9.83. The van der Waals surface area contributed by atoms with Crippen LogP contribution in [0.1, 0.15) is 39.2 Å². The highest BCUT2D eigenvalue weighted by molar-refractivity contribution is 5.69. The molecule has 1 aliphatic rings. The maximum absolute atomic E-state index is 11.0. The number of hydrogen-bond acceptors (Lipinski definition) is 4. The molecule has 5 nitrogen and oxygen atoms in total. The highest BCUT2D eigenvalue weighted by atomic mass is 16.5. The predicted octanol–water partition coefficient (Wildman–Crippen LogP) is 4.97. The summed E-state index contributed by atoms with van der Waals surface area (Å²) in [6, 6.07) is 15.5. The van der Waals surface area contributed by atoms with E-state index in [1.165, 1.54) is 0 Å². The van der Waals surface area contributed by atoms with Gasteiger partial charge in [-0.25, -0.2) is 0 Å². The number of rotatable bonds is 10. The first-order valence-corrected chi connectivity index (χ1v) is 10.3. The third-order valence-corrected chi connectivity index (χ3v) is 5.05. The molecule has 0 aromatic heterocycles. The molecule has 3 rings (SSSR count). The lowest BCUT2D eigenvalue weighted by Crippen LogP contribution is -2.37. The van der Waals surface area contributed by atoms with Gasteiger partial charge >= 0.3 is 5.97 Å². The number of aliphatic carboxylic acids is 1. The normalized spacial score (nSPS) is 19.3. The number of ether oxygens (including phenoxy) is 3. The number of para-hydroxylation sites is 2. The van der Waals surface area contributed by atoms with E-state index in [0.717, 1.165) is 35.7 Å². The van der Waals surface area contributed by atoms with Gasteiger partial charge in [-0.05, 0) is 68.9 Å². The molecule has 2 aromatic rings. The SMILES string of the molecule is CC(C)Oc1ccccc1OC1CC(COc2cccc(CC(C)C(=O)O)c2)C1. The van der Waals surface area contributed by atoms with Crippen LogP contribution in [0, 0.1) is 11.8 Å². The van der Waals surface area contributed by atoms with Crippen LogP contribution in [0.15, 0.2) is 48.5 Å². The summed E-state index contributed by atoms with van der Waals surface area (Å²) in [6.45, 7) is 6.37. The van der Waals surface area contributed by atoms with E-state index >= 15 is 0 Å². The van der Waals surface area contributed by atoms with Crippen LogP contribution in [-0.2, 0) is 11.2 Å². The minimum atomic E-state index is -0.780. The van der Waals surface area contributed by atoms with Gasteiger partial charge in [-0.1, -0.05) is 31.2 Å². The van der Waals surface area contributed by atoms with E-state index < -0.39 is 11.9 Å². The Balaban J connectivity index is 1.45. The van der Waals surface area contributed by atoms with Crippen molar-refractivity contribution in [1.82, 2.24) is 0 Å². The Labute approximate surface area is 172 Å². The topological polar surface area (TPSA) is 65.0 Å². The maximum atomic E-state index is 11.0. The van der Waals surface area contributed by atoms with Crippen LogP contribution in [0.4, 0.5) is 0 Å². The van der Waals surface area contributed by atoms with E-state index in [4.69, 9.17) is 19.3 Å². The summed E-state index contributed by atoms with van der Waals surface area (Å²) < 4.78 is 17.9. The van der Waals surface area contributed by atoms with E-state index in [9.17, 15) is 4.79 Å². The monoisotopic (exact) mass is 398 g/mol. The van der Waals surface area contributed by atoms with Gasteiger partial charge < -0.3 is 19.3 Å². The number of carboxylic acids is 1. The van der Waals surface area contributed by atoms with E-state index in [-0.39, 0.29) is 12.2 Å². The van der Waals surface area contributed by atoms with Crippen molar-refractivity contribution in [2.45, 2.75) is 52.2 Å². The van der Waals surface area contributed by atoms with Crippen molar-refractivity contribution in [3.63, 3.8) is 0 Å². The summed E-state index contributed by atoms with van der Waals surface area (Å²) in [5.74, 6) is 1.65. The van der Waals surface area contributed by atoms with Gasteiger partial charge in [-0.15, -0.1) is 0 Å². The van der Waals surface area contributed by atoms with E-state index in [2.05, 4.69) is 0 Å². The van der Waals surface area contributed by atoms with Crippen LogP contribution < -0.4 is 14.2 Å². The fraction of sp³-hybridized carbons (Fsp3) is 0.458. The van der Waals surface area contributed by atoms with Crippen LogP contribution in [0.5, 0.6) is 17.2 Å². The van der Waals surface area contributed by atoms with Gasteiger partial charge in [0.15, 0.2) is 11.5 Å². The Morgan fingerprint density at radius 2 is 1.79 bits per heavy atom. The van der Waals surface area contributed by atoms with E-state index in [1.54, 1.807) is 6.92 Å². The van der Waals surface area contributed by atoms with Gasteiger partial charge in [-0.3, -0.25) is 4.79 Å². The molecule has 0 spiro atoms. The molecule has 1 fully saturated rings. The summed E-state index contributed by atoms with van der Waals surface area (Å²) in [6.07, 6.45) is 2.70. The zero-order valence-electron chi connectivity index (χ0n) is 17.3. The number of carbonyl (C=O) groups is 1. The average Bonchev–Trinajstić information content (AvgIpc) is 2.64. The van der Waals surface area contributed by atoms with Gasteiger partial charge in [0.2, 0.25) is 0 Å². The largest absolute Gasteiger partial charge is 0.493 e. The first-order chi connectivity index (χ1) is 13.9. The Morgan fingerprint density at radius 3 is 2.48 bits per heavy atom. The summed E-state index contributed by atoms with van der Waals surface area (Å²) >= 11 is 0. The van der Waals surface area contributed by atoms with E-state index in [1.807, 2.05) is 62.4 Å². The molecule has 29 heavy (non-hydrogen) atoms. The lowest BCUT2D eigenvalue weighted by Gasteiger charge is -2.35. The number of benzene rings is 2.